The van der Waals surface area contributed by atoms with Gasteiger partial charge in [-0.15, -0.1) is 0 Å². The molecule has 2 heterocycles. The summed E-state index contributed by atoms with van der Waals surface area (Å²) in [5.74, 6) is 0.0509. The van der Waals surface area contributed by atoms with Crippen LogP contribution >= 0.6 is 0 Å². The second-order valence-electron chi connectivity index (χ2n) is 3.71. The standard InChI is InChI=1S/C13H13FN2O2/c1-2-18-12-5-3-4-11(15-12)9-16-8-10(14)6-7-13(16)17/h3-8H,2,9H2,1H3. The predicted molar refractivity (Wildman–Crippen MR) is 65.2 cm³/mol. The second kappa shape index (κ2) is 5.44. The maximum Gasteiger partial charge on any atom is 0.251 e. The van der Waals surface area contributed by atoms with Crippen molar-refractivity contribution < 1.29 is 9.13 Å². The fraction of sp³-hybridized carbons (Fsp3) is 0.231. The van der Waals surface area contributed by atoms with E-state index in [1.54, 1.807) is 18.2 Å². The monoisotopic (exact) mass is 248 g/mol. The van der Waals surface area contributed by atoms with Crippen LogP contribution in [0.2, 0.25) is 0 Å². The maximum absolute atomic E-state index is 13.0. The second-order valence-corrected chi connectivity index (χ2v) is 3.71. The van der Waals surface area contributed by atoms with Gasteiger partial charge in [-0.2, -0.15) is 0 Å². The Morgan fingerprint density at radius 1 is 1.33 bits per heavy atom. The zero-order valence-corrected chi connectivity index (χ0v) is 9.97. The Kier molecular flexibility index (Phi) is 3.72. The number of hydrogen-bond acceptors (Lipinski definition) is 3. The molecule has 0 spiro atoms. The highest BCUT2D eigenvalue weighted by atomic mass is 19.1. The molecule has 0 unspecified atom stereocenters. The van der Waals surface area contributed by atoms with Gasteiger partial charge in [0, 0.05) is 18.3 Å². The van der Waals surface area contributed by atoms with Crippen molar-refractivity contribution in [3.63, 3.8) is 0 Å². The quantitative estimate of drug-likeness (QED) is 0.829. The molecule has 0 aromatic carbocycles. The number of hydrogen-bond donors (Lipinski definition) is 0. The first kappa shape index (κ1) is 12.3. The van der Waals surface area contributed by atoms with Crippen LogP contribution in [0.4, 0.5) is 4.39 Å². The minimum atomic E-state index is -0.449. The van der Waals surface area contributed by atoms with E-state index in [1.807, 2.05) is 6.92 Å². The van der Waals surface area contributed by atoms with Crippen LogP contribution in [0.5, 0.6) is 5.88 Å². The zero-order chi connectivity index (χ0) is 13.0. The number of halogens is 1. The number of aromatic nitrogens is 2. The number of pyridine rings is 2. The first-order valence-corrected chi connectivity index (χ1v) is 5.64. The van der Waals surface area contributed by atoms with Gasteiger partial charge in [0.2, 0.25) is 5.88 Å². The molecule has 0 saturated heterocycles. The largest absolute Gasteiger partial charge is 0.478 e. The van der Waals surface area contributed by atoms with E-state index in [2.05, 4.69) is 4.98 Å². The molecule has 0 aliphatic heterocycles. The van der Waals surface area contributed by atoms with Crippen LogP contribution in [0.25, 0.3) is 0 Å². The van der Waals surface area contributed by atoms with Crippen LogP contribution in [0.3, 0.4) is 0 Å². The van der Waals surface area contributed by atoms with Crippen LogP contribution < -0.4 is 10.3 Å². The van der Waals surface area contributed by atoms with Crippen LogP contribution in [0.15, 0.2) is 41.3 Å². The lowest BCUT2D eigenvalue weighted by molar-refractivity contribution is 0.325. The molecule has 2 rings (SSSR count). The van der Waals surface area contributed by atoms with Gasteiger partial charge in [0.15, 0.2) is 0 Å². The Morgan fingerprint density at radius 3 is 2.94 bits per heavy atom. The van der Waals surface area contributed by atoms with E-state index in [-0.39, 0.29) is 12.1 Å². The van der Waals surface area contributed by atoms with Crippen molar-refractivity contribution in [3.8, 4) is 5.88 Å². The van der Waals surface area contributed by atoms with Gasteiger partial charge in [-0.05, 0) is 19.1 Å². The van der Waals surface area contributed by atoms with Gasteiger partial charge in [0.25, 0.3) is 5.56 Å². The fourth-order valence-electron chi connectivity index (χ4n) is 1.57. The van der Waals surface area contributed by atoms with Crippen molar-refractivity contribution in [2.45, 2.75) is 13.5 Å². The molecule has 0 atom stereocenters. The molecule has 2 aromatic rings. The molecule has 0 radical (unpaired) electrons. The van der Waals surface area contributed by atoms with E-state index in [4.69, 9.17) is 4.74 Å². The minimum absolute atomic E-state index is 0.220. The number of nitrogens with zero attached hydrogens (tertiary/aromatic N) is 2. The Hall–Kier alpha value is -2.17. The normalized spacial score (nSPS) is 10.3. The molecule has 2 aromatic heterocycles. The van der Waals surface area contributed by atoms with E-state index < -0.39 is 5.82 Å². The highest BCUT2D eigenvalue weighted by Crippen LogP contribution is 2.08. The van der Waals surface area contributed by atoms with Gasteiger partial charge in [-0.1, -0.05) is 6.07 Å². The van der Waals surface area contributed by atoms with Gasteiger partial charge in [0.1, 0.15) is 5.82 Å². The molecule has 0 aliphatic rings. The Morgan fingerprint density at radius 2 is 2.17 bits per heavy atom. The smallest absolute Gasteiger partial charge is 0.251 e. The third-order valence-electron chi connectivity index (χ3n) is 2.35. The van der Waals surface area contributed by atoms with Crippen LogP contribution in [-0.4, -0.2) is 16.2 Å². The van der Waals surface area contributed by atoms with Crippen molar-refractivity contribution in [3.05, 3.63) is 58.4 Å². The lowest BCUT2D eigenvalue weighted by atomic mass is 10.3. The summed E-state index contributed by atoms with van der Waals surface area (Å²) in [6.45, 7) is 2.61. The average Bonchev–Trinajstić information content (AvgIpc) is 2.35. The van der Waals surface area contributed by atoms with E-state index in [0.717, 1.165) is 12.3 Å². The predicted octanol–water partition coefficient (Wildman–Crippen LogP) is 1.83. The zero-order valence-electron chi connectivity index (χ0n) is 9.97. The van der Waals surface area contributed by atoms with Crippen LogP contribution in [0, 0.1) is 5.82 Å². The molecular weight excluding hydrogens is 235 g/mol. The maximum atomic E-state index is 13.0. The topological polar surface area (TPSA) is 44.1 Å². The summed E-state index contributed by atoms with van der Waals surface area (Å²) in [6.07, 6.45) is 1.16. The van der Waals surface area contributed by atoms with Gasteiger partial charge in [0.05, 0.1) is 18.8 Å². The van der Waals surface area contributed by atoms with E-state index >= 15 is 0 Å². The third-order valence-corrected chi connectivity index (χ3v) is 2.35. The summed E-state index contributed by atoms with van der Waals surface area (Å²) < 4.78 is 19.6. The lowest BCUT2D eigenvalue weighted by Crippen LogP contribution is -2.20. The molecule has 0 fully saturated rings. The minimum Gasteiger partial charge on any atom is -0.478 e. The van der Waals surface area contributed by atoms with Crippen LogP contribution in [0.1, 0.15) is 12.6 Å². The fourth-order valence-corrected chi connectivity index (χ4v) is 1.57. The summed E-state index contributed by atoms with van der Waals surface area (Å²) in [5, 5.41) is 0. The molecule has 4 nitrogen and oxygen atoms in total. The molecule has 94 valence electrons. The van der Waals surface area contributed by atoms with Gasteiger partial charge >= 0.3 is 0 Å². The van der Waals surface area contributed by atoms with Crippen molar-refractivity contribution in [2.24, 2.45) is 0 Å². The first-order chi connectivity index (χ1) is 8.69. The van der Waals surface area contributed by atoms with Crippen molar-refractivity contribution in [1.29, 1.82) is 0 Å². The Bertz CT molecular complexity index is 596. The SMILES string of the molecule is CCOc1cccc(Cn2cc(F)ccc2=O)n1. The first-order valence-electron chi connectivity index (χ1n) is 5.64. The molecule has 0 amide bonds. The summed E-state index contributed by atoms with van der Waals surface area (Å²) in [7, 11) is 0. The summed E-state index contributed by atoms with van der Waals surface area (Å²) in [6, 6.07) is 7.63. The van der Waals surface area contributed by atoms with Crippen LogP contribution in [-0.2, 0) is 6.54 Å². The summed E-state index contributed by atoms with van der Waals surface area (Å²) in [5.41, 5.74) is 0.383. The van der Waals surface area contributed by atoms with Gasteiger partial charge in [-0.3, -0.25) is 4.79 Å². The Balaban J connectivity index is 2.25. The number of rotatable bonds is 4. The Labute approximate surface area is 104 Å². The number of ether oxygens (including phenoxy) is 1. The van der Waals surface area contributed by atoms with E-state index in [1.165, 1.54) is 10.6 Å². The highest BCUT2D eigenvalue weighted by molar-refractivity contribution is 5.16. The highest BCUT2D eigenvalue weighted by Gasteiger charge is 2.02. The van der Waals surface area contributed by atoms with E-state index in [9.17, 15) is 9.18 Å². The van der Waals surface area contributed by atoms with Gasteiger partial charge < -0.3 is 9.30 Å². The third kappa shape index (κ3) is 2.94. The van der Waals surface area contributed by atoms with Crippen molar-refractivity contribution >= 4 is 0 Å². The molecular formula is C13H13FN2O2. The molecule has 0 aliphatic carbocycles. The molecule has 0 bridgehead atoms. The van der Waals surface area contributed by atoms with Crippen molar-refractivity contribution in [1.82, 2.24) is 9.55 Å². The molecule has 5 heteroatoms. The summed E-state index contributed by atoms with van der Waals surface area (Å²) in [4.78, 5) is 15.7. The van der Waals surface area contributed by atoms with Gasteiger partial charge in [-0.25, -0.2) is 9.37 Å². The molecule has 0 N–H and O–H groups in total. The summed E-state index contributed by atoms with van der Waals surface area (Å²) >= 11 is 0. The average molecular weight is 248 g/mol. The van der Waals surface area contributed by atoms with E-state index in [0.29, 0.717) is 18.2 Å². The lowest BCUT2D eigenvalue weighted by Gasteiger charge is -2.07. The van der Waals surface area contributed by atoms with Crippen molar-refractivity contribution in [2.75, 3.05) is 6.61 Å². The molecule has 18 heavy (non-hydrogen) atoms. The molecule has 0 saturated carbocycles.